The van der Waals surface area contributed by atoms with Gasteiger partial charge in [0.05, 0.1) is 14.9 Å². The van der Waals surface area contributed by atoms with Crippen LogP contribution >= 0.6 is 23.2 Å². The SMILES string of the molecule is C#CC[C@@H]1C(=O)NC=CN1S(=O)(=O)c1ccc(Cl)c(Cl)c1. The smallest absolute Gasteiger partial charge is 0.264 e. The number of nitrogens with zero attached hydrogens (tertiary/aromatic N) is 1. The molecule has 2 rings (SSSR count). The molecule has 1 aliphatic rings. The van der Waals surface area contributed by atoms with Gasteiger partial charge < -0.3 is 5.32 Å². The molecule has 0 radical (unpaired) electrons. The predicted molar refractivity (Wildman–Crippen MR) is 80.0 cm³/mol. The second kappa shape index (κ2) is 5.98. The molecular weight excluding hydrogens is 335 g/mol. The van der Waals surface area contributed by atoms with Crippen molar-refractivity contribution < 1.29 is 13.2 Å². The van der Waals surface area contributed by atoms with Gasteiger partial charge in [-0.05, 0) is 18.2 Å². The van der Waals surface area contributed by atoms with Crippen molar-refractivity contribution in [2.24, 2.45) is 0 Å². The molecular formula is C13H10Cl2N2O3S. The summed E-state index contributed by atoms with van der Waals surface area (Å²) in [4.78, 5) is 11.7. The highest BCUT2D eigenvalue weighted by Crippen LogP contribution is 2.28. The van der Waals surface area contributed by atoms with E-state index in [9.17, 15) is 13.2 Å². The molecule has 0 saturated heterocycles. The average Bonchev–Trinajstić information content (AvgIpc) is 2.44. The summed E-state index contributed by atoms with van der Waals surface area (Å²) in [5, 5.41) is 2.77. The van der Waals surface area contributed by atoms with E-state index in [1.54, 1.807) is 0 Å². The summed E-state index contributed by atoms with van der Waals surface area (Å²) in [6.45, 7) is 0. The third kappa shape index (κ3) is 3.00. The lowest BCUT2D eigenvalue weighted by atomic mass is 10.2. The second-order valence-electron chi connectivity index (χ2n) is 4.16. The maximum Gasteiger partial charge on any atom is 0.264 e. The van der Waals surface area contributed by atoms with E-state index in [1.165, 1.54) is 30.6 Å². The van der Waals surface area contributed by atoms with Crippen LogP contribution in [-0.2, 0) is 14.8 Å². The van der Waals surface area contributed by atoms with Gasteiger partial charge in [-0.15, -0.1) is 12.3 Å². The van der Waals surface area contributed by atoms with Gasteiger partial charge in [-0.3, -0.25) is 9.10 Å². The highest BCUT2D eigenvalue weighted by Gasteiger charge is 2.35. The Kier molecular flexibility index (Phi) is 4.47. The molecule has 0 aromatic heterocycles. The van der Waals surface area contributed by atoms with Crippen molar-refractivity contribution >= 4 is 39.1 Å². The zero-order chi connectivity index (χ0) is 15.6. The second-order valence-corrected chi connectivity index (χ2v) is 6.82. The van der Waals surface area contributed by atoms with Crippen LogP contribution < -0.4 is 5.32 Å². The van der Waals surface area contributed by atoms with Gasteiger partial charge in [0.1, 0.15) is 6.04 Å². The Morgan fingerprint density at radius 3 is 2.67 bits per heavy atom. The number of nitrogens with one attached hydrogen (secondary N) is 1. The molecule has 1 aliphatic heterocycles. The van der Waals surface area contributed by atoms with Crippen molar-refractivity contribution in [2.45, 2.75) is 17.4 Å². The van der Waals surface area contributed by atoms with Gasteiger partial charge in [0.15, 0.2) is 0 Å². The lowest BCUT2D eigenvalue weighted by Gasteiger charge is -2.30. The topological polar surface area (TPSA) is 66.5 Å². The molecule has 0 unspecified atom stereocenters. The van der Waals surface area contributed by atoms with E-state index in [0.717, 1.165) is 4.31 Å². The molecule has 0 bridgehead atoms. The molecule has 0 fully saturated rings. The van der Waals surface area contributed by atoms with Gasteiger partial charge >= 0.3 is 0 Å². The lowest BCUT2D eigenvalue weighted by molar-refractivity contribution is -0.123. The minimum absolute atomic E-state index is 0.0449. The molecule has 1 atom stereocenters. The monoisotopic (exact) mass is 344 g/mol. The first-order valence-electron chi connectivity index (χ1n) is 5.77. The summed E-state index contributed by atoms with van der Waals surface area (Å²) >= 11 is 11.6. The Balaban J connectivity index is 2.48. The fourth-order valence-corrected chi connectivity index (χ4v) is 3.65. The summed E-state index contributed by atoms with van der Waals surface area (Å²) in [7, 11) is -3.96. The zero-order valence-corrected chi connectivity index (χ0v) is 12.9. The van der Waals surface area contributed by atoms with E-state index in [4.69, 9.17) is 29.6 Å². The Morgan fingerprint density at radius 1 is 1.33 bits per heavy atom. The predicted octanol–water partition coefficient (Wildman–Crippen LogP) is 1.98. The molecule has 0 saturated carbocycles. The highest BCUT2D eigenvalue weighted by molar-refractivity contribution is 7.89. The summed E-state index contributed by atoms with van der Waals surface area (Å²) in [5.74, 6) is 1.81. The lowest BCUT2D eigenvalue weighted by Crippen LogP contribution is -2.48. The van der Waals surface area contributed by atoms with Crippen LogP contribution in [0, 0.1) is 12.3 Å². The first-order valence-corrected chi connectivity index (χ1v) is 7.96. The number of hydrogen-bond donors (Lipinski definition) is 1. The average molecular weight is 345 g/mol. The first-order chi connectivity index (χ1) is 9.87. The summed E-state index contributed by atoms with van der Waals surface area (Å²) in [6.07, 6.45) is 7.64. The Morgan fingerprint density at radius 2 is 2.05 bits per heavy atom. The van der Waals surface area contributed by atoms with Crippen molar-refractivity contribution in [3.8, 4) is 12.3 Å². The van der Waals surface area contributed by atoms with Crippen molar-refractivity contribution in [3.05, 3.63) is 40.6 Å². The number of sulfonamides is 1. The van der Waals surface area contributed by atoms with Crippen LogP contribution in [0.15, 0.2) is 35.5 Å². The molecule has 1 aromatic rings. The standard InChI is InChI=1S/C13H10Cl2N2O3S/c1-2-3-12-13(18)16-6-7-17(12)21(19,20)9-4-5-10(14)11(15)8-9/h1,4-8,12H,3H2,(H,16,18)/t12-/m1/s1. The molecule has 0 aliphatic carbocycles. The van der Waals surface area contributed by atoms with E-state index >= 15 is 0 Å². The minimum Gasteiger partial charge on any atom is -0.329 e. The first kappa shape index (κ1) is 15.7. The number of rotatable bonds is 3. The van der Waals surface area contributed by atoms with Crippen LogP contribution in [0.4, 0.5) is 0 Å². The van der Waals surface area contributed by atoms with E-state index < -0.39 is 22.0 Å². The quantitative estimate of drug-likeness (QED) is 0.852. The fourth-order valence-electron chi connectivity index (χ4n) is 1.81. The van der Waals surface area contributed by atoms with Crippen LogP contribution in [-0.4, -0.2) is 24.7 Å². The number of halogens is 2. The van der Waals surface area contributed by atoms with Gasteiger partial charge in [-0.1, -0.05) is 23.2 Å². The number of amides is 1. The normalized spacial score (nSPS) is 18.2. The summed E-state index contributed by atoms with van der Waals surface area (Å²) < 4.78 is 26.1. The van der Waals surface area contributed by atoms with Crippen molar-refractivity contribution in [3.63, 3.8) is 0 Å². The van der Waals surface area contributed by atoms with Crippen LogP contribution in [0.5, 0.6) is 0 Å². The molecule has 0 spiro atoms. The van der Waals surface area contributed by atoms with E-state index in [0.29, 0.717) is 0 Å². The summed E-state index contributed by atoms with van der Waals surface area (Å²) in [6, 6.07) is 2.92. The van der Waals surface area contributed by atoms with Gasteiger partial charge in [-0.25, -0.2) is 8.42 Å². The van der Waals surface area contributed by atoms with Gasteiger partial charge in [0.25, 0.3) is 10.0 Å². The van der Waals surface area contributed by atoms with Crippen LogP contribution in [0.2, 0.25) is 10.0 Å². The van der Waals surface area contributed by atoms with Crippen LogP contribution in [0.1, 0.15) is 6.42 Å². The van der Waals surface area contributed by atoms with Crippen molar-refractivity contribution in [1.82, 2.24) is 9.62 Å². The molecule has 1 heterocycles. The third-order valence-corrected chi connectivity index (χ3v) is 5.35. The molecule has 8 heteroatoms. The number of benzene rings is 1. The molecule has 1 amide bonds. The Labute approximate surface area is 132 Å². The van der Waals surface area contributed by atoms with Gasteiger partial charge in [0.2, 0.25) is 5.91 Å². The Hall–Kier alpha value is -1.68. The number of carbonyl (C=O) groups excluding carboxylic acids is 1. The molecule has 1 aromatic carbocycles. The third-order valence-electron chi connectivity index (χ3n) is 2.83. The van der Waals surface area contributed by atoms with Crippen LogP contribution in [0.25, 0.3) is 0 Å². The number of carbonyl (C=O) groups is 1. The maximum absolute atomic E-state index is 12.6. The molecule has 21 heavy (non-hydrogen) atoms. The Bertz CT molecular complexity index is 753. The maximum atomic E-state index is 12.6. The summed E-state index contributed by atoms with van der Waals surface area (Å²) in [5.41, 5.74) is 0. The minimum atomic E-state index is -3.96. The van der Waals surface area contributed by atoms with Crippen molar-refractivity contribution in [1.29, 1.82) is 0 Å². The van der Waals surface area contributed by atoms with Gasteiger partial charge in [0, 0.05) is 18.8 Å². The zero-order valence-electron chi connectivity index (χ0n) is 10.6. The molecule has 5 nitrogen and oxygen atoms in total. The number of hydrogen-bond acceptors (Lipinski definition) is 3. The van der Waals surface area contributed by atoms with Crippen molar-refractivity contribution in [2.75, 3.05) is 0 Å². The molecule has 1 N–H and O–H groups in total. The molecule has 110 valence electrons. The largest absolute Gasteiger partial charge is 0.329 e. The fraction of sp³-hybridized carbons (Fsp3) is 0.154. The van der Waals surface area contributed by atoms with E-state index in [1.807, 2.05) is 0 Å². The van der Waals surface area contributed by atoms with E-state index in [-0.39, 0.29) is 21.4 Å². The van der Waals surface area contributed by atoms with Gasteiger partial charge in [-0.2, -0.15) is 0 Å². The van der Waals surface area contributed by atoms with E-state index in [2.05, 4.69) is 11.2 Å². The van der Waals surface area contributed by atoms with Crippen LogP contribution in [0.3, 0.4) is 0 Å². The number of terminal acetylenes is 1. The highest BCUT2D eigenvalue weighted by atomic mass is 35.5.